The van der Waals surface area contributed by atoms with Gasteiger partial charge in [-0.1, -0.05) is 79.4 Å². The van der Waals surface area contributed by atoms with Crippen molar-refractivity contribution >= 4 is 29.6 Å². The summed E-state index contributed by atoms with van der Waals surface area (Å²) in [5.41, 5.74) is 3.03. The zero-order valence-electron chi connectivity index (χ0n) is 15.0. The Kier molecular flexibility index (Phi) is 5.50. The number of rotatable bonds is 5. The minimum Gasteiger partial charge on any atom is -0.268 e. The Bertz CT molecular complexity index is 1010. The van der Waals surface area contributed by atoms with Crippen molar-refractivity contribution in [3.8, 4) is 5.69 Å². The highest BCUT2D eigenvalue weighted by molar-refractivity contribution is 8.00. The van der Waals surface area contributed by atoms with E-state index in [4.69, 9.17) is 4.98 Å². The molecule has 5 heteroatoms. The van der Waals surface area contributed by atoms with Gasteiger partial charge in [-0.25, -0.2) is 4.98 Å². The molecule has 2 aromatic carbocycles. The van der Waals surface area contributed by atoms with Gasteiger partial charge in [-0.2, -0.15) is 0 Å². The van der Waals surface area contributed by atoms with Crippen molar-refractivity contribution in [2.45, 2.75) is 28.6 Å². The molecule has 0 fully saturated rings. The van der Waals surface area contributed by atoms with E-state index in [9.17, 15) is 4.79 Å². The second kappa shape index (κ2) is 8.19. The molecule has 27 heavy (non-hydrogen) atoms. The second-order valence-electron chi connectivity index (χ2n) is 6.40. The summed E-state index contributed by atoms with van der Waals surface area (Å²) in [4.78, 5) is 18.8. The normalized spacial score (nSPS) is 16.0. The summed E-state index contributed by atoms with van der Waals surface area (Å²) in [6.45, 7) is 2.15. The number of thioether (sulfide) groups is 2. The number of aromatic nitrogens is 2. The predicted molar refractivity (Wildman–Crippen MR) is 115 cm³/mol. The van der Waals surface area contributed by atoms with Gasteiger partial charge in [-0.15, -0.1) is 11.8 Å². The monoisotopic (exact) mass is 392 g/mol. The van der Waals surface area contributed by atoms with Gasteiger partial charge in [0.25, 0.3) is 5.56 Å². The summed E-state index contributed by atoms with van der Waals surface area (Å²) in [6, 6.07) is 20.0. The molecule has 1 aromatic heterocycles. The van der Waals surface area contributed by atoms with Gasteiger partial charge in [0.05, 0.1) is 16.3 Å². The number of nitrogens with zero attached hydrogens (tertiary/aromatic N) is 2. The number of benzene rings is 2. The van der Waals surface area contributed by atoms with Gasteiger partial charge in [0.2, 0.25) is 0 Å². The molecule has 0 amide bonds. The standard InChI is InChI=1S/C22H20N2OS2/c1-16-15-19-20(27-16)21(25)24(18-12-6-3-7-13-18)22(23-19)26-14-8-11-17-9-4-2-5-10-17/h2-13,16H,14-15H2,1H3/b11-8+. The summed E-state index contributed by atoms with van der Waals surface area (Å²) < 4.78 is 1.75. The van der Waals surface area contributed by atoms with Crippen molar-refractivity contribution < 1.29 is 0 Å². The van der Waals surface area contributed by atoms with E-state index in [1.54, 1.807) is 28.1 Å². The van der Waals surface area contributed by atoms with Crippen LogP contribution in [0.3, 0.4) is 0 Å². The Morgan fingerprint density at radius 3 is 2.59 bits per heavy atom. The van der Waals surface area contributed by atoms with Crippen LogP contribution in [0, 0.1) is 0 Å². The molecule has 0 saturated heterocycles. The average Bonchev–Trinajstić information content (AvgIpc) is 3.07. The highest BCUT2D eigenvalue weighted by Gasteiger charge is 2.26. The number of para-hydroxylation sites is 1. The van der Waals surface area contributed by atoms with Crippen LogP contribution in [0.15, 0.2) is 81.6 Å². The van der Waals surface area contributed by atoms with Crippen molar-refractivity contribution in [3.63, 3.8) is 0 Å². The van der Waals surface area contributed by atoms with Crippen LogP contribution in [-0.2, 0) is 6.42 Å². The third-order valence-electron chi connectivity index (χ3n) is 4.31. The molecular formula is C22H20N2OS2. The summed E-state index contributed by atoms with van der Waals surface area (Å²) in [5, 5.41) is 1.17. The molecule has 1 aliphatic heterocycles. The molecule has 0 saturated carbocycles. The van der Waals surface area contributed by atoms with Gasteiger partial charge in [0, 0.05) is 17.4 Å². The fourth-order valence-electron chi connectivity index (χ4n) is 3.07. The van der Waals surface area contributed by atoms with Crippen molar-refractivity contribution in [2.24, 2.45) is 0 Å². The Labute approximate surface area is 167 Å². The molecule has 4 rings (SSSR count). The van der Waals surface area contributed by atoms with Gasteiger partial charge in [-0.3, -0.25) is 9.36 Å². The first kappa shape index (κ1) is 18.1. The fourth-order valence-corrected chi connectivity index (χ4v) is 5.01. The van der Waals surface area contributed by atoms with Gasteiger partial charge in [0.1, 0.15) is 0 Å². The second-order valence-corrected chi connectivity index (χ2v) is 8.84. The van der Waals surface area contributed by atoms with E-state index < -0.39 is 0 Å². The molecule has 1 aliphatic rings. The van der Waals surface area contributed by atoms with Crippen molar-refractivity contribution in [1.29, 1.82) is 0 Å². The summed E-state index contributed by atoms with van der Waals surface area (Å²) >= 11 is 3.24. The Balaban J connectivity index is 1.65. The van der Waals surface area contributed by atoms with E-state index >= 15 is 0 Å². The maximum absolute atomic E-state index is 13.2. The van der Waals surface area contributed by atoms with E-state index in [1.165, 1.54) is 5.56 Å². The molecule has 0 radical (unpaired) electrons. The molecular weight excluding hydrogens is 372 g/mol. The lowest BCUT2D eigenvalue weighted by Crippen LogP contribution is -2.23. The topological polar surface area (TPSA) is 34.9 Å². The molecule has 0 aliphatic carbocycles. The van der Waals surface area contributed by atoms with Crippen LogP contribution in [0.4, 0.5) is 0 Å². The molecule has 136 valence electrons. The highest BCUT2D eigenvalue weighted by Crippen LogP contribution is 2.34. The molecule has 0 bridgehead atoms. The molecule has 3 aromatic rings. The van der Waals surface area contributed by atoms with E-state index in [1.807, 2.05) is 48.5 Å². The lowest BCUT2D eigenvalue weighted by molar-refractivity contribution is 0.731. The van der Waals surface area contributed by atoms with Crippen LogP contribution >= 0.6 is 23.5 Å². The lowest BCUT2D eigenvalue weighted by Gasteiger charge is -2.13. The van der Waals surface area contributed by atoms with Crippen LogP contribution in [0.2, 0.25) is 0 Å². The molecule has 1 atom stereocenters. The maximum atomic E-state index is 13.2. The predicted octanol–water partition coefficient (Wildman–Crippen LogP) is 5.07. The number of hydrogen-bond donors (Lipinski definition) is 0. The zero-order chi connectivity index (χ0) is 18.6. The third kappa shape index (κ3) is 4.04. The summed E-state index contributed by atoms with van der Waals surface area (Å²) in [6.07, 6.45) is 5.08. The molecule has 0 spiro atoms. The minimum absolute atomic E-state index is 0.0510. The van der Waals surface area contributed by atoms with Gasteiger partial charge in [0.15, 0.2) is 5.16 Å². The van der Waals surface area contributed by atoms with E-state index in [2.05, 4.69) is 31.2 Å². The van der Waals surface area contributed by atoms with Crippen LogP contribution in [0.5, 0.6) is 0 Å². The van der Waals surface area contributed by atoms with Crippen molar-refractivity contribution in [1.82, 2.24) is 9.55 Å². The largest absolute Gasteiger partial charge is 0.272 e. The summed E-state index contributed by atoms with van der Waals surface area (Å²) in [5.74, 6) is 0.760. The Hall–Kier alpha value is -2.24. The summed E-state index contributed by atoms with van der Waals surface area (Å²) in [7, 11) is 0. The molecule has 2 heterocycles. The fraction of sp³-hybridized carbons (Fsp3) is 0.182. The number of hydrogen-bond acceptors (Lipinski definition) is 4. The SMILES string of the molecule is CC1Cc2nc(SC/C=C/c3ccccc3)n(-c3ccccc3)c(=O)c2S1. The van der Waals surface area contributed by atoms with Gasteiger partial charge >= 0.3 is 0 Å². The van der Waals surface area contributed by atoms with E-state index in [-0.39, 0.29) is 5.56 Å². The van der Waals surface area contributed by atoms with E-state index in [0.717, 1.165) is 33.6 Å². The average molecular weight is 393 g/mol. The van der Waals surface area contributed by atoms with Crippen LogP contribution < -0.4 is 5.56 Å². The first-order valence-corrected chi connectivity index (χ1v) is 10.8. The van der Waals surface area contributed by atoms with Crippen LogP contribution in [0.1, 0.15) is 18.2 Å². The minimum atomic E-state index is 0.0510. The molecule has 0 N–H and O–H groups in total. The first-order chi connectivity index (χ1) is 13.2. The van der Waals surface area contributed by atoms with Gasteiger partial charge < -0.3 is 0 Å². The maximum Gasteiger partial charge on any atom is 0.272 e. The molecule has 1 unspecified atom stereocenters. The van der Waals surface area contributed by atoms with Crippen molar-refractivity contribution in [2.75, 3.05) is 5.75 Å². The van der Waals surface area contributed by atoms with E-state index in [0.29, 0.717) is 5.25 Å². The van der Waals surface area contributed by atoms with Crippen LogP contribution in [0.25, 0.3) is 11.8 Å². The number of fused-ring (bicyclic) bond motifs is 1. The third-order valence-corrected chi connectivity index (χ3v) is 6.42. The Morgan fingerprint density at radius 1 is 1.15 bits per heavy atom. The highest BCUT2D eigenvalue weighted by atomic mass is 32.2. The first-order valence-electron chi connectivity index (χ1n) is 8.95. The van der Waals surface area contributed by atoms with Gasteiger partial charge in [-0.05, 0) is 17.7 Å². The van der Waals surface area contributed by atoms with Crippen LogP contribution in [-0.4, -0.2) is 20.6 Å². The Morgan fingerprint density at radius 2 is 1.85 bits per heavy atom. The smallest absolute Gasteiger partial charge is 0.268 e. The zero-order valence-corrected chi connectivity index (χ0v) is 16.7. The quantitative estimate of drug-likeness (QED) is 0.448. The molecule has 3 nitrogen and oxygen atoms in total. The van der Waals surface area contributed by atoms with Crippen molar-refractivity contribution in [3.05, 3.63) is 88.4 Å². The lowest BCUT2D eigenvalue weighted by atomic mass is 10.2.